The van der Waals surface area contributed by atoms with Crippen LogP contribution in [0, 0.1) is 5.92 Å². The lowest BCUT2D eigenvalue weighted by atomic mass is 9.84. The molecule has 4 nitrogen and oxygen atoms in total. The minimum Gasteiger partial charge on any atom is -0.449 e. The Balaban J connectivity index is 1.94. The van der Waals surface area contributed by atoms with Crippen LogP contribution in [-0.2, 0) is 15.1 Å². The Kier molecular flexibility index (Phi) is 3.04. The molecule has 106 valence electrons. The van der Waals surface area contributed by atoms with Crippen molar-refractivity contribution in [1.29, 1.82) is 0 Å². The summed E-state index contributed by atoms with van der Waals surface area (Å²) in [6, 6.07) is 7.52. The van der Waals surface area contributed by atoms with E-state index in [4.69, 9.17) is 4.74 Å². The van der Waals surface area contributed by atoms with E-state index in [-0.39, 0.29) is 17.8 Å². The van der Waals surface area contributed by atoms with Gasteiger partial charge in [-0.25, -0.2) is 4.79 Å². The van der Waals surface area contributed by atoms with Gasteiger partial charge in [-0.2, -0.15) is 0 Å². The maximum Gasteiger partial charge on any atom is 0.339 e. The van der Waals surface area contributed by atoms with Crippen LogP contribution in [-0.4, -0.2) is 29.9 Å². The number of nitrogens with zero attached hydrogens (tertiary/aromatic N) is 1. The summed E-state index contributed by atoms with van der Waals surface area (Å²) in [5.74, 6) is -0.165. The van der Waals surface area contributed by atoms with Crippen LogP contribution in [0.15, 0.2) is 24.3 Å². The van der Waals surface area contributed by atoms with Gasteiger partial charge in [0.1, 0.15) is 0 Å². The third-order valence-corrected chi connectivity index (χ3v) is 4.19. The highest BCUT2D eigenvalue weighted by atomic mass is 16.6. The molecule has 20 heavy (non-hydrogen) atoms. The Morgan fingerprint density at radius 3 is 2.85 bits per heavy atom. The first-order valence-electron chi connectivity index (χ1n) is 7.15. The number of rotatable bonds is 1. The molecule has 3 rings (SSSR count). The number of piperidine rings is 1. The van der Waals surface area contributed by atoms with Crippen molar-refractivity contribution in [2.75, 3.05) is 13.1 Å². The van der Waals surface area contributed by atoms with Gasteiger partial charge in [0, 0.05) is 18.0 Å². The van der Waals surface area contributed by atoms with Crippen molar-refractivity contribution in [2.45, 2.75) is 32.3 Å². The van der Waals surface area contributed by atoms with E-state index < -0.39 is 5.60 Å². The lowest BCUT2D eigenvalue weighted by Crippen LogP contribution is -2.49. The van der Waals surface area contributed by atoms with E-state index in [9.17, 15) is 9.59 Å². The second-order valence-electron chi connectivity index (χ2n) is 5.95. The number of hydrogen-bond acceptors (Lipinski definition) is 3. The van der Waals surface area contributed by atoms with Crippen molar-refractivity contribution in [3.05, 3.63) is 35.4 Å². The van der Waals surface area contributed by atoms with Gasteiger partial charge in [0.15, 0.2) is 5.60 Å². The number of amides is 1. The fraction of sp³-hybridized carbons (Fsp3) is 0.500. The van der Waals surface area contributed by atoms with Gasteiger partial charge >= 0.3 is 5.97 Å². The minimum absolute atomic E-state index is 0.0301. The van der Waals surface area contributed by atoms with E-state index in [1.807, 2.05) is 36.9 Å². The van der Waals surface area contributed by atoms with Crippen LogP contribution in [0.4, 0.5) is 0 Å². The molecule has 0 bridgehead atoms. The van der Waals surface area contributed by atoms with Gasteiger partial charge in [-0.15, -0.1) is 0 Å². The number of likely N-dealkylation sites (tertiary alicyclic amines) is 1. The quantitative estimate of drug-likeness (QED) is 0.738. The number of carbonyl (C=O) groups is 2. The Hall–Kier alpha value is -1.84. The molecule has 0 radical (unpaired) electrons. The van der Waals surface area contributed by atoms with Crippen LogP contribution in [0.25, 0.3) is 0 Å². The van der Waals surface area contributed by atoms with E-state index in [0.29, 0.717) is 12.1 Å². The van der Waals surface area contributed by atoms with Gasteiger partial charge in [-0.1, -0.05) is 32.0 Å². The molecule has 1 saturated heterocycles. The van der Waals surface area contributed by atoms with Crippen molar-refractivity contribution < 1.29 is 14.3 Å². The normalized spacial score (nSPS) is 24.9. The number of esters is 1. The Labute approximate surface area is 118 Å². The van der Waals surface area contributed by atoms with Crippen LogP contribution < -0.4 is 0 Å². The molecule has 1 aromatic rings. The van der Waals surface area contributed by atoms with Crippen LogP contribution in [0.5, 0.6) is 0 Å². The van der Waals surface area contributed by atoms with Crippen molar-refractivity contribution in [2.24, 2.45) is 5.92 Å². The van der Waals surface area contributed by atoms with E-state index in [2.05, 4.69) is 0 Å². The summed E-state index contributed by atoms with van der Waals surface area (Å²) in [5.41, 5.74) is 0.953. The lowest BCUT2D eigenvalue weighted by molar-refractivity contribution is -0.141. The van der Waals surface area contributed by atoms with Gasteiger partial charge in [-0.3, -0.25) is 4.79 Å². The fourth-order valence-corrected chi connectivity index (χ4v) is 3.22. The second-order valence-corrected chi connectivity index (χ2v) is 5.95. The zero-order chi connectivity index (χ0) is 14.3. The van der Waals surface area contributed by atoms with Crippen LogP contribution in [0.3, 0.4) is 0 Å². The first kappa shape index (κ1) is 13.2. The molecule has 2 aliphatic heterocycles. The first-order valence-corrected chi connectivity index (χ1v) is 7.15. The summed E-state index contributed by atoms with van der Waals surface area (Å²) < 4.78 is 5.69. The third kappa shape index (κ3) is 1.90. The summed E-state index contributed by atoms with van der Waals surface area (Å²) in [5, 5.41) is 0. The molecule has 1 atom stereocenters. The first-order chi connectivity index (χ1) is 9.53. The van der Waals surface area contributed by atoms with E-state index in [1.54, 1.807) is 6.07 Å². The number of fused-ring (bicyclic) bond motifs is 2. The molecule has 0 saturated carbocycles. The zero-order valence-electron chi connectivity index (χ0n) is 11.9. The molecule has 4 heteroatoms. The number of carbonyl (C=O) groups excluding carboxylic acids is 2. The molecular formula is C16H19NO3. The summed E-state index contributed by atoms with van der Waals surface area (Å²) in [6.45, 7) is 5.03. The third-order valence-electron chi connectivity index (χ3n) is 4.19. The van der Waals surface area contributed by atoms with Crippen molar-refractivity contribution in [1.82, 2.24) is 4.90 Å². The highest BCUT2D eigenvalue weighted by Gasteiger charge is 2.48. The maximum atomic E-state index is 12.2. The lowest BCUT2D eigenvalue weighted by Gasteiger charge is -2.40. The Bertz CT molecular complexity index is 567. The maximum absolute atomic E-state index is 12.2. The monoisotopic (exact) mass is 273 g/mol. The summed E-state index contributed by atoms with van der Waals surface area (Å²) >= 11 is 0. The number of benzene rings is 1. The zero-order valence-corrected chi connectivity index (χ0v) is 11.9. The topological polar surface area (TPSA) is 46.6 Å². The van der Waals surface area contributed by atoms with E-state index >= 15 is 0 Å². The molecule has 1 unspecified atom stereocenters. The second kappa shape index (κ2) is 4.62. The van der Waals surface area contributed by atoms with E-state index in [1.165, 1.54) is 0 Å². The molecule has 2 aliphatic rings. The predicted octanol–water partition coefficient (Wildman–Crippen LogP) is 2.33. The standard InChI is InChI=1S/C16H19NO3/c1-11(2)14(18)17-9-5-8-16(10-17)13-7-4-3-6-12(13)15(19)20-16/h3-4,6-7,11H,5,8-10H2,1-2H3. The van der Waals surface area contributed by atoms with Gasteiger partial charge in [-0.05, 0) is 18.9 Å². The molecule has 1 spiro atoms. The van der Waals surface area contributed by atoms with Crippen LogP contribution in [0.2, 0.25) is 0 Å². The summed E-state index contributed by atoms with van der Waals surface area (Å²) in [4.78, 5) is 26.1. The van der Waals surface area contributed by atoms with Crippen LogP contribution in [0.1, 0.15) is 42.6 Å². The van der Waals surface area contributed by atoms with Crippen LogP contribution >= 0.6 is 0 Å². The number of ether oxygens (including phenoxy) is 1. The van der Waals surface area contributed by atoms with Gasteiger partial charge < -0.3 is 9.64 Å². The molecule has 0 aliphatic carbocycles. The molecule has 1 amide bonds. The van der Waals surface area contributed by atoms with E-state index in [0.717, 1.165) is 24.9 Å². The minimum atomic E-state index is -0.628. The number of hydrogen-bond donors (Lipinski definition) is 0. The van der Waals surface area contributed by atoms with Gasteiger partial charge in [0.25, 0.3) is 0 Å². The molecular weight excluding hydrogens is 254 g/mol. The molecule has 2 heterocycles. The highest BCUT2D eigenvalue weighted by molar-refractivity contribution is 5.95. The average molecular weight is 273 g/mol. The fourth-order valence-electron chi connectivity index (χ4n) is 3.22. The SMILES string of the molecule is CC(C)C(=O)N1CCCC2(C1)OC(=O)c1ccccc12. The van der Waals surface area contributed by atoms with Crippen molar-refractivity contribution >= 4 is 11.9 Å². The highest BCUT2D eigenvalue weighted by Crippen LogP contribution is 2.42. The summed E-state index contributed by atoms with van der Waals surface area (Å²) in [7, 11) is 0. The Morgan fingerprint density at radius 1 is 1.35 bits per heavy atom. The van der Waals surface area contributed by atoms with Gasteiger partial charge in [0.2, 0.25) is 5.91 Å². The smallest absolute Gasteiger partial charge is 0.339 e. The molecule has 1 fully saturated rings. The Morgan fingerprint density at radius 2 is 2.10 bits per heavy atom. The largest absolute Gasteiger partial charge is 0.449 e. The molecule has 1 aromatic carbocycles. The summed E-state index contributed by atoms with van der Waals surface area (Å²) in [6.07, 6.45) is 1.65. The van der Waals surface area contributed by atoms with Gasteiger partial charge in [0.05, 0.1) is 12.1 Å². The molecule has 0 N–H and O–H groups in total. The molecule has 0 aromatic heterocycles. The van der Waals surface area contributed by atoms with Crippen molar-refractivity contribution in [3.8, 4) is 0 Å². The average Bonchev–Trinajstić information content (AvgIpc) is 2.71. The predicted molar refractivity (Wildman–Crippen MR) is 74.2 cm³/mol. The van der Waals surface area contributed by atoms with Crippen molar-refractivity contribution in [3.63, 3.8) is 0 Å².